The number of rotatable bonds is 5. The molecule has 6 heteroatoms. The molecule has 4 saturated heterocycles. The number of ether oxygens (including phenoxy) is 1. The van der Waals surface area contributed by atoms with Crippen molar-refractivity contribution in [2.24, 2.45) is 4.99 Å². The van der Waals surface area contributed by atoms with E-state index in [0.717, 1.165) is 57.2 Å². The average Bonchev–Trinajstić information content (AvgIpc) is 3.23. The van der Waals surface area contributed by atoms with Crippen LogP contribution in [0, 0.1) is 0 Å². The zero-order chi connectivity index (χ0) is 19.4. The smallest absolute Gasteiger partial charge is 0.191 e. The Kier molecular flexibility index (Phi) is 6.79. The van der Waals surface area contributed by atoms with Crippen LogP contribution in [0.4, 0.5) is 0 Å². The molecule has 2 atom stereocenters. The molecule has 6 nitrogen and oxygen atoms in total. The topological polar surface area (TPSA) is 52.1 Å². The number of fused-ring (bicyclic) bond motifs is 2. The maximum Gasteiger partial charge on any atom is 0.191 e. The summed E-state index contributed by atoms with van der Waals surface area (Å²) in [5.74, 6) is 1.03. The highest BCUT2D eigenvalue weighted by atomic mass is 16.5. The summed E-state index contributed by atoms with van der Waals surface area (Å²) in [4.78, 5) is 10.5. The maximum atomic E-state index is 5.70. The van der Waals surface area contributed by atoms with Crippen LogP contribution in [0.5, 0.6) is 0 Å². The molecule has 4 aliphatic rings. The van der Waals surface area contributed by atoms with Crippen molar-refractivity contribution in [1.82, 2.24) is 20.4 Å². The zero-order valence-electron chi connectivity index (χ0n) is 18.1. The summed E-state index contributed by atoms with van der Waals surface area (Å²) in [5.41, 5.74) is 0.209. The zero-order valence-corrected chi connectivity index (χ0v) is 18.1. The van der Waals surface area contributed by atoms with Crippen molar-refractivity contribution in [1.29, 1.82) is 0 Å². The SMILES string of the molecule is CCNC(=NCC1(N2CCCC2)CCOCC1)NC1CC2CCCC(C1)N2C. The van der Waals surface area contributed by atoms with Crippen LogP contribution in [0.25, 0.3) is 0 Å². The molecule has 2 unspecified atom stereocenters. The van der Waals surface area contributed by atoms with Crippen LogP contribution in [0.1, 0.15) is 64.7 Å². The molecule has 2 N–H and O–H groups in total. The summed E-state index contributed by atoms with van der Waals surface area (Å²) in [6, 6.07) is 2.06. The minimum atomic E-state index is 0.209. The van der Waals surface area contributed by atoms with Crippen molar-refractivity contribution in [3.8, 4) is 0 Å². The molecule has 0 aromatic rings. The van der Waals surface area contributed by atoms with E-state index in [2.05, 4.69) is 34.4 Å². The molecular weight excluding hydrogens is 350 g/mol. The molecule has 0 spiro atoms. The Morgan fingerprint density at radius 1 is 1.07 bits per heavy atom. The lowest BCUT2D eigenvalue weighted by Gasteiger charge is -2.47. The third-order valence-electron chi connectivity index (χ3n) is 7.76. The maximum absolute atomic E-state index is 5.70. The Morgan fingerprint density at radius 3 is 2.39 bits per heavy atom. The van der Waals surface area contributed by atoms with E-state index in [0.29, 0.717) is 6.04 Å². The molecular formula is C22H41N5O. The molecule has 28 heavy (non-hydrogen) atoms. The highest BCUT2D eigenvalue weighted by Crippen LogP contribution is 2.33. The van der Waals surface area contributed by atoms with E-state index in [9.17, 15) is 0 Å². The summed E-state index contributed by atoms with van der Waals surface area (Å²) < 4.78 is 5.70. The van der Waals surface area contributed by atoms with Crippen LogP contribution in [0.15, 0.2) is 4.99 Å². The van der Waals surface area contributed by atoms with Gasteiger partial charge in [-0.3, -0.25) is 9.89 Å². The summed E-state index contributed by atoms with van der Waals surface area (Å²) in [5, 5.41) is 7.35. The van der Waals surface area contributed by atoms with E-state index in [1.54, 1.807) is 0 Å². The van der Waals surface area contributed by atoms with Gasteiger partial charge in [0.2, 0.25) is 0 Å². The molecule has 0 saturated carbocycles. The quantitative estimate of drug-likeness (QED) is 0.556. The molecule has 4 aliphatic heterocycles. The fourth-order valence-electron chi connectivity index (χ4n) is 5.99. The Balaban J connectivity index is 1.42. The van der Waals surface area contributed by atoms with E-state index in [-0.39, 0.29) is 5.54 Å². The molecule has 2 bridgehead atoms. The van der Waals surface area contributed by atoms with Gasteiger partial charge in [0.05, 0.1) is 6.54 Å². The second kappa shape index (κ2) is 9.31. The standard InChI is InChI=1S/C22H41N5O/c1-3-23-21(25-18-15-19-7-6-8-20(16-18)26(19)2)24-17-22(9-13-28-14-10-22)27-11-4-5-12-27/h18-20H,3-17H2,1-2H3,(H2,23,24,25). The largest absolute Gasteiger partial charge is 0.381 e. The first-order chi connectivity index (χ1) is 13.7. The monoisotopic (exact) mass is 391 g/mol. The van der Waals surface area contributed by atoms with E-state index < -0.39 is 0 Å². The van der Waals surface area contributed by atoms with Crippen molar-refractivity contribution in [3.63, 3.8) is 0 Å². The first-order valence-corrected chi connectivity index (χ1v) is 11.8. The van der Waals surface area contributed by atoms with Gasteiger partial charge >= 0.3 is 0 Å². The van der Waals surface area contributed by atoms with Gasteiger partial charge in [0, 0.05) is 43.4 Å². The van der Waals surface area contributed by atoms with Crippen molar-refractivity contribution in [3.05, 3.63) is 0 Å². The van der Waals surface area contributed by atoms with Gasteiger partial charge in [-0.25, -0.2) is 0 Å². The lowest BCUT2D eigenvalue weighted by Crippen LogP contribution is -2.57. The Hall–Kier alpha value is -0.850. The van der Waals surface area contributed by atoms with Gasteiger partial charge in [0.25, 0.3) is 0 Å². The van der Waals surface area contributed by atoms with Gasteiger partial charge in [0.15, 0.2) is 5.96 Å². The van der Waals surface area contributed by atoms with Crippen molar-refractivity contribution in [2.75, 3.05) is 46.4 Å². The lowest BCUT2D eigenvalue weighted by molar-refractivity contribution is -0.0139. The number of nitrogens with zero attached hydrogens (tertiary/aromatic N) is 3. The molecule has 4 heterocycles. The van der Waals surface area contributed by atoms with Crippen molar-refractivity contribution >= 4 is 5.96 Å². The predicted molar refractivity (Wildman–Crippen MR) is 115 cm³/mol. The van der Waals surface area contributed by atoms with E-state index in [1.807, 2.05) is 0 Å². The molecule has 0 aromatic heterocycles. The fraction of sp³-hybridized carbons (Fsp3) is 0.955. The molecule has 0 radical (unpaired) electrons. The van der Waals surface area contributed by atoms with Gasteiger partial charge in [-0.2, -0.15) is 0 Å². The van der Waals surface area contributed by atoms with E-state index in [1.165, 1.54) is 58.0 Å². The van der Waals surface area contributed by atoms with E-state index in [4.69, 9.17) is 9.73 Å². The molecule has 0 aliphatic carbocycles. The lowest BCUT2D eigenvalue weighted by atomic mass is 9.82. The number of aliphatic imine (C=N–C) groups is 1. The number of guanidine groups is 1. The van der Waals surface area contributed by atoms with Crippen LogP contribution in [0.3, 0.4) is 0 Å². The molecule has 0 aromatic carbocycles. The number of nitrogens with one attached hydrogen (secondary N) is 2. The normalized spacial score (nSPS) is 34.4. The first-order valence-electron chi connectivity index (χ1n) is 11.8. The summed E-state index contributed by atoms with van der Waals surface area (Å²) in [6.07, 6.45) is 11.5. The van der Waals surface area contributed by atoms with Gasteiger partial charge in [-0.1, -0.05) is 6.42 Å². The molecule has 4 fully saturated rings. The Morgan fingerprint density at radius 2 is 1.75 bits per heavy atom. The van der Waals surface area contributed by atoms with Gasteiger partial charge in [-0.15, -0.1) is 0 Å². The minimum Gasteiger partial charge on any atom is -0.381 e. The molecule has 4 rings (SSSR count). The number of piperidine rings is 2. The third kappa shape index (κ3) is 4.49. The number of hydrogen-bond acceptors (Lipinski definition) is 4. The second-order valence-corrected chi connectivity index (χ2v) is 9.44. The van der Waals surface area contributed by atoms with Crippen LogP contribution >= 0.6 is 0 Å². The first kappa shape index (κ1) is 20.4. The number of likely N-dealkylation sites (tertiary alicyclic amines) is 1. The highest BCUT2D eigenvalue weighted by molar-refractivity contribution is 5.80. The average molecular weight is 392 g/mol. The van der Waals surface area contributed by atoms with Crippen LogP contribution in [-0.2, 0) is 4.74 Å². The van der Waals surface area contributed by atoms with Gasteiger partial charge in [-0.05, 0) is 78.4 Å². The van der Waals surface area contributed by atoms with Crippen LogP contribution in [-0.4, -0.2) is 85.9 Å². The summed E-state index contributed by atoms with van der Waals surface area (Å²) >= 11 is 0. The number of hydrogen-bond donors (Lipinski definition) is 2. The second-order valence-electron chi connectivity index (χ2n) is 9.44. The predicted octanol–water partition coefficient (Wildman–Crippen LogP) is 2.20. The molecule has 0 amide bonds. The Labute approximate surface area is 171 Å². The van der Waals surface area contributed by atoms with Crippen LogP contribution < -0.4 is 10.6 Å². The Bertz CT molecular complexity index is 513. The van der Waals surface area contributed by atoms with Gasteiger partial charge in [0.1, 0.15) is 0 Å². The van der Waals surface area contributed by atoms with Gasteiger partial charge < -0.3 is 20.3 Å². The van der Waals surface area contributed by atoms with Crippen molar-refractivity contribution < 1.29 is 4.74 Å². The fourth-order valence-corrected chi connectivity index (χ4v) is 5.99. The summed E-state index contributed by atoms with van der Waals surface area (Å²) in [7, 11) is 2.33. The van der Waals surface area contributed by atoms with Crippen LogP contribution in [0.2, 0.25) is 0 Å². The minimum absolute atomic E-state index is 0.209. The third-order valence-corrected chi connectivity index (χ3v) is 7.76. The highest BCUT2D eigenvalue weighted by Gasteiger charge is 2.40. The van der Waals surface area contributed by atoms with E-state index >= 15 is 0 Å². The molecule has 160 valence electrons. The summed E-state index contributed by atoms with van der Waals surface area (Å²) in [6.45, 7) is 8.22. The van der Waals surface area contributed by atoms with Crippen molar-refractivity contribution in [2.45, 2.75) is 88.4 Å².